The predicted octanol–water partition coefficient (Wildman–Crippen LogP) is -0.0345. The molecule has 1 saturated carbocycles. The molecule has 0 radical (unpaired) electrons. The van der Waals surface area contributed by atoms with Gasteiger partial charge in [-0.25, -0.2) is 0 Å². The van der Waals surface area contributed by atoms with Gasteiger partial charge in [-0.15, -0.1) is 0 Å². The molecule has 92 valence electrons. The van der Waals surface area contributed by atoms with Crippen LogP contribution in [0, 0.1) is 5.92 Å². The molecule has 2 aliphatic heterocycles. The molecular formula is C12H14O5. The number of carbonyl (C=O) groups is 2. The van der Waals surface area contributed by atoms with Crippen LogP contribution in [0.2, 0.25) is 0 Å². The van der Waals surface area contributed by atoms with E-state index in [0.29, 0.717) is 12.0 Å². The Balaban J connectivity index is 1.94. The zero-order chi connectivity index (χ0) is 12.2. The Morgan fingerprint density at radius 1 is 1.41 bits per heavy atom. The Morgan fingerprint density at radius 3 is 2.88 bits per heavy atom. The van der Waals surface area contributed by atoms with Crippen molar-refractivity contribution < 1.29 is 24.2 Å². The number of esters is 1. The van der Waals surface area contributed by atoms with Gasteiger partial charge in [0.15, 0.2) is 5.78 Å². The van der Waals surface area contributed by atoms with Crippen LogP contribution < -0.4 is 0 Å². The highest BCUT2D eigenvalue weighted by Gasteiger charge is 2.61. The van der Waals surface area contributed by atoms with Gasteiger partial charge >= 0.3 is 5.97 Å². The topological polar surface area (TPSA) is 76.1 Å². The highest BCUT2D eigenvalue weighted by Crippen LogP contribution is 2.43. The van der Waals surface area contributed by atoms with Gasteiger partial charge in [0.1, 0.15) is 30.3 Å². The summed E-state index contributed by atoms with van der Waals surface area (Å²) in [6.07, 6.45) is 0.898. The summed E-state index contributed by atoms with van der Waals surface area (Å²) in [6.45, 7) is 1.98. The third-order valence-corrected chi connectivity index (χ3v) is 3.54. The molecular weight excluding hydrogens is 224 g/mol. The Hall–Kier alpha value is -1.20. The average Bonchev–Trinajstić information content (AvgIpc) is 3.06. The van der Waals surface area contributed by atoms with Crippen LogP contribution in [-0.4, -0.2) is 41.3 Å². The summed E-state index contributed by atoms with van der Waals surface area (Å²) in [5, 5.41) is 9.90. The Kier molecular flexibility index (Phi) is 2.34. The molecule has 0 aromatic heterocycles. The lowest BCUT2D eigenvalue weighted by Gasteiger charge is -2.31. The molecule has 1 unspecified atom stereocenters. The summed E-state index contributed by atoms with van der Waals surface area (Å²) in [7, 11) is 0. The molecule has 5 nitrogen and oxygen atoms in total. The maximum absolute atomic E-state index is 11.9. The number of cyclic esters (lactones) is 1. The van der Waals surface area contributed by atoms with Crippen molar-refractivity contribution in [3.8, 4) is 0 Å². The average molecular weight is 238 g/mol. The molecule has 2 heterocycles. The van der Waals surface area contributed by atoms with E-state index in [-0.39, 0.29) is 11.9 Å². The van der Waals surface area contributed by atoms with Crippen LogP contribution >= 0.6 is 0 Å². The standard InChI is InChI=1S/C12H14O5/c1-2-3-5-4-6-7(12(15)16-5)9(14)11-10(17-11)8(6)13/h4-5,7,9-11,14H,2-3H2,1H3/t5-,7?,9+,10+,11-/m0/s1. The van der Waals surface area contributed by atoms with E-state index in [1.807, 2.05) is 6.92 Å². The van der Waals surface area contributed by atoms with Gasteiger partial charge in [0.2, 0.25) is 0 Å². The number of fused-ring (bicyclic) bond motifs is 2. The SMILES string of the molecule is CCC[C@H]1C=C2C(=O)[C@H]3O[C@H]3[C@H](O)C2C(=O)O1. The van der Waals surface area contributed by atoms with Crippen LogP contribution in [0.5, 0.6) is 0 Å². The molecule has 0 bridgehead atoms. The van der Waals surface area contributed by atoms with Crippen molar-refractivity contribution in [2.24, 2.45) is 5.92 Å². The van der Waals surface area contributed by atoms with Crippen LogP contribution in [0.4, 0.5) is 0 Å². The van der Waals surface area contributed by atoms with Crippen LogP contribution in [0.25, 0.3) is 0 Å². The van der Waals surface area contributed by atoms with Gasteiger partial charge in [-0.3, -0.25) is 9.59 Å². The molecule has 1 aliphatic carbocycles. The first-order valence-electron chi connectivity index (χ1n) is 5.93. The number of hydrogen-bond acceptors (Lipinski definition) is 5. The second-order valence-corrected chi connectivity index (χ2v) is 4.74. The zero-order valence-electron chi connectivity index (χ0n) is 9.46. The van der Waals surface area contributed by atoms with E-state index in [4.69, 9.17) is 9.47 Å². The number of epoxide rings is 1. The quantitative estimate of drug-likeness (QED) is 0.540. The number of ketones is 1. The minimum absolute atomic E-state index is 0.164. The minimum Gasteiger partial charge on any atom is -0.458 e. The van der Waals surface area contributed by atoms with Gasteiger partial charge in [0, 0.05) is 5.57 Å². The normalized spacial score (nSPS) is 43.4. The number of aliphatic hydroxyl groups excluding tert-OH is 1. The minimum atomic E-state index is -0.945. The van der Waals surface area contributed by atoms with Crippen LogP contribution in [0.1, 0.15) is 19.8 Å². The summed E-state index contributed by atoms with van der Waals surface area (Å²) in [6, 6.07) is 0. The lowest BCUT2D eigenvalue weighted by atomic mass is 9.79. The predicted molar refractivity (Wildman–Crippen MR) is 56.0 cm³/mol. The van der Waals surface area contributed by atoms with E-state index in [1.165, 1.54) is 0 Å². The van der Waals surface area contributed by atoms with Crippen LogP contribution in [-0.2, 0) is 19.1 Å². The fourth-order valence-corrected chi connectivity index (χ4v) is 2.62. The molecule has 5 heteroatoms. The maximum atomic E-state index is 11.9. The molecule has 1 saturated heterocycles. The molecule has 0 aromatic carbocycles. The van der Waals surface area contributed by atoms with Crippen molar-refractivity contribution >= 4 is 11.8 Å². The summed E-state index contributed by atoms with van der Waals surface area (Å²) in [5.41, 5.74) is 0.381. The first kappa shape index (κ1) is 10.9. The molecule has 1 N–H and O–H groups in total. The monoisotopic (exact) mass is 238 g/mol. The van der Waals surface area contributed by atoms with Gasteiger partial charge < -0.3 is 14.6 Å². The molecule has 3 rings (SSSR count). The molecule has 3 aliphatic rings. The summed E-state index contributed by atoms with van der Waals surface area (Å²) in [5.74, 6) is -1.52. The largest absolute Gasteiger partial charge is 0.458 e. The summed E-state index contributed by atoms with van der Waals surface area (Å²) in [4.78, 5) is 23.7. The first-order chi connectivity index (χ1) is 8.13. The third-order valence-electron chi connectivity index (χ3n) is 3.54. The second kappa shape index (κ2) is 3.65. The van der Waals surface area contributed by atoms with Gasteiger partial charge in [-0.1, -0.05) is 13.3 Å². The number of carbonyl (C=O) groups excluding carboxylic acids is 2. The van der Waals surface area contributed by atoms with Crippen molar-refractivity contribution in [3.63, 3.8) is 0 Å². The van der Waals surface area contributed by atoms with Crippen LogP contribution in [0.15, 0.2) is 11.6 Å². The Morgan fingerprint density at radius 2 is 2.18 bits per heavy atom. The molecule has 0 aromatic rings. The highest BCUT2D eigenvalue weighted by molar-refractivity contribution is 6.07. The fraction of sp³-hybridized carbons (Fsp3) is 0.667. The van der Waals surface area contributed by atoms with Crippen molar-refractivity contribution in [2.45, 2.75) is 44.2 Å². The van der Waals surface area contributed by atoms with Crippen molar-refractivity contribution in [2.75, 3.05) is 0 Å². The van der Waals surface area contributed by atoms with Crippen molar-refractivity contribution in [1.29, 1.82) is 0 Å². The second-order valence-electron chi connectivity index (χ2n) is 4.74. The number of rotatable bonds is 2. The Bertz CT molecular complexity index is 413. The van der Waals surface area contributed by atoms with E-state index in [9.17, 15) is 14.7 Å². The smallest absolute Gasteiger partial charge is 0.316 e. The van der Waals surface area contributed by atoms with E-state index < -0.39 is 30.2 Å². The molecule has 0 amide bonds. The lowest BCUT2D eigenvalue weighted by Crippen LogP contribution is -2.47. The third kappa shape index (κ3) is 1.53. The van der Waals surface area contributed by atoms with E-state index >= 15 is 0 Å². The van der Waals surface area contributed by atoms with Crippen molar-refractivity contribution in [1.82, 2.24) is 0 Å². The van der Waals surface area contributed by atoms with Crippen LogP contribution in [0.3, 0.4) is 0 Å². The van der Waals surface area contributed by atoms with Gasteiger partial charge in [-0.2, -0.15) is 0 Å². The zero-order valence-corrected chi connectivity index (χ0v) is 9.46. The number of ether oxygens (including phenoxy) is 2. The van der Waals surface area contributed by atoms with Crippen molar-refractivity contribution in [3.05, 3.63) is 11.6 Å². The first-order valence-corrected chi connectivity index (χ1v) is 5.93. The molecule has 2 fully saturated rings. The van der Waals surface area contributed by atoms with E-state index in [2.05, 4.69) is 0 Å². The molecule has 5 atom stereocenters. The van der Waals surface area contributed by atoms with Gasteiger partial charge in [0.05, 0.1) is 0 Å². The molecule has 0 spiro atoms. The summed E-state index contributed by atoms with van der Waals surface area (Å²) < 4.78 is 10.3. The molecule has 17 heavy (non-hydrogen) atoms. The van der Waals surface area contributed by atoms with E-state index in [1.54, 1.807) is 6.08 Å². The number of hydrogen-bond donors (Lipinski definition) is 1. The van der Waals surface area contributed by atoms with Gasteiger partial charge in [0.25, 0.3) is 0 Å². The lowest BCUT2D eigenvalue weighted by molar-refractivity contribution is -0.158. The maximum Gasteiger partial charge on any atom is 0.316 e. The number of Topliss-reactive ketones (excluding diaryl/α,β-unsaturated/α-hetero) is 1. The fourth-order valence-electron chi connectivity index (χ4n) is 2.62. The van der Waals surface area contributed by atoms with Gasteiger partial charge in [-0.05, 0) is 12.5 Å². The Labute approximate surface area is 98.4 Å². The summed E-state index contributed by atoms with van der Waals surface area (Å²) >= 11 is 0. The highest BCUT2D eigenvalue weighted by atomic mass is 16.6. The number of aliphatic hydroxyl groups is 1. The van der Waals surface area contributed by atoms with E-state index in [0.717, 1.165) is 6.42 Å².